The van der Waals surface area contributed by atoms with Gasteiger partial charge in [-0.1, -0.05) is 17.3 Å². The van der Waals surface area contributed by atoms with Crippen molar-refractivity contribution in [1.29, 1.82) is 0 Å². The first-order valence-electron chi connectivity index (χ1n) is 4.52. The third-order valence-corrected chi connectivity index (χ3v) is 1.88. The molecule has 0 radical (unpaired) electrons. The number of aromatic nitrogens is 2. The van der Waals surface area contributed by atoms with Crippen LogP contribution in [0.4, 0.5) is 4.39 Å². The van der Waals surface area contributed by atoms with Crippen molar-refractivity contribution < 1.29 is 13.7 Å². The van der Waals surface area contributed by atoms with Gasteiger partial charge >= 0.3 is 0 Å². The normalized spacial score (nSPS) is 10.3. The molecule has 1 amide bonds. The summed E-state index contributed by atoms with van der Waals surface area (Å²) in [5, 5.41) is 3.62. The Morgan fingerprint density at radius 3 is 3.00 bits per heavy atom. The molecule has 2 N–H and O–H groups in total. The van der Waals surface area contributed by atoms with Gasteiger partial charge in [0.05, 0.1) is 0 Å². The Kier molecular flexibility index (Phi) is 2.63. The third-order valence-electron chi connectivity index (χ3n) is 1.88. The van der Waals surface area contributed by atoms with Crippen molar-refractivity contribution in [2.24, 2.45) is 5.73 Å². The smallest absolute Gasteiger partial charge is 0.236 e. The molecule has 1 aromatic heterocycles. The largest absolute Gasteiger partial charge is 0.369 e. The molecule has 0 aliphatic rings. The number of primary amides is 1. The summed E-state index contributed by atoms with van der Waals surface area (Å²) in [4.78, 5) is 14.5. The van der Waals surface area contributed by atoms with E-state index in [4.69, 9.17) is 10.3 Å². The molecule has 0 saturated carbocycles. The van der Waals surface area contributed by atoms with Crippen molar-refractivity contribution in [1.82, 2.24) is 10.1 Å². The summed E-state index contributed by atoms with van der Waals surface area (Å²) < 4.78 is 17.7. The van der Waals surface area contributed by atoms with Gasteiger partial charge in [0.25, 0.3) is 0 Å². The molecule has 0 spiro atoms. The highest BCUT2D eigenvalue weighted by atomic mass is 19.1. The molecule has 0 fully saturated rings. The summed E-state index contributed by atoms with van der Waals surface area (Å²) >= 11 is 0. The molecule has 0 unspecified atom stereocenters. The molecule has 1 heterocycles. The minimum Gasteiger partial charge on any atom is -0.369 e. The van der Waals surface area contributed by atoms with Gasteiger partial charge in [-0.3, -0.25) is 4.79 Å². The highest BCUT2D eigenvalue weighted by Crippen LogP contribution is 2.16. The standard InChI is InChI=1S/C10H8FN3O2/c11-7-3-1-2-6(4-7)10-13-9(16-14-10)5-8(12)15/h1-4H,5H2,(H2,12,15). The summed E-state index contributed by atoms with van der Waals surface area (Å²) in [6.07, 6.45) is -0.123. The maximum atomic E-state index is 12.9. The molecular weight excluding hydrogens is 213 g/mol. The lowest BCUT2D eigenvalue weighted by atomic mass is 10.2. The summed E-state index contributed by atoms with van der Waals surface area (Å²) in [5.74, 6) is -0.601. The average molecular weight is 221 g/mol. The van der Waals surface area contributed by atoms with Crippen molar-refractivity contribution in [3.8, 4) is 11.4 Å². The number of nitrogens with zero attached hydrogens (tertiary/aromatic N) is 2. The zero-order chi connectivity index (χ0) is 11.5. The Hall–Kier alpha value is -2.24. The van der Waals surface area contributed by atoms with Gasteiger partial charge in [0.2, 0.25) is 17.6 Å². The second kappa shape index (κ2) is 4.09. The number of carbonyl (C=O) groups is 1. The topological polar surface area (TPSA) is 82.0 Å². The Morgan fingerprint density at radius 1 is 1.50 bits per heavy atom. The molecule has 82 valence electrons. The van der Waals surface area contributed by atoms with E-state index in [1.807, 2.05) is 0 Å². The lowest BCUT2D eigenvalue weighted by Crippen LogP contribution is -2.13. The van der Waals surface area contributed by atoms with E-state index in [1.54, 1.807) is 6.07 Å². The molecule has 6 heteroatoms. The van der Waals surface area contributed by atoms with Gasteiger partial charge in [0, 0.05) is 5.56 Å². The van der Waals surface area contributed by atoms with E-state index in [9.17, 15) is 9.18 Å². The number of rotatable bonds is 3. The van der Waals surface area contributed by atoms with Gasteiger partial charge in [-0.2, -0.15) is 4.98 Å². The molecule has 16 heavy (non-hydrogen) atoms. The molecule has 0 aliphatic heterocycles. The van der Waals surface area contributed by atoms with Gasteiger partial charge in [-0.15, -0.1) is 0 Å². The second-order valence-electron chi connectivity index (χ2n) is 3.17. The number of amides is 1. The minimum atomic E-state index is -0.561. The number of benzene rings is 1. The predicted molar refractivity (Wildman–Crippen MR) is 52.6 cm³/mol. The Morgan fingerprint density at radius 2 is 2.31 bits per heavy atom. The van der Waals surface area contributed by atoms with E-state index < -0.39 is 11.7 Å². The maximum Gasteiger partial charge on any atom is 0.236 e. The fourth-order valence-electron chi connectivity index (χ4n) is 1.22. The minimum absolute atomic E-state index is 0.117. The molecule has 0 saturated heterocycles. The van der Waals surface area contributed by atoms with Crippen LogP contribution in [0.1, 0.15) is 5.89 Å². The van der Waals surface area contributed by atoms with Gasteiger partial charge in [-0.05, 0) is 12.1 Å². The van der Waals surface area contributed by atoms with Gasteiger partial charge < -0.3 is 10.3 Å². The summed E-state index contributed by atoms with van der Waals surface area (Å²) in [6, 6.07) is 5.77. The van der Waals surface area contributed by atoms with Gasteiger partial charge in [0.15, 0.2) is 0 Å². The van der Waals surface area contributed by atoms with Crippen molar-refractivity contribution in [3.63, 3.8) is 0 Å². The molecule has 2 rings (SSSR count). The van der Waals surface area contributed by atoms with Crippen LogP contribution in [0.15, 0.2) is 28.8 Å². The number of carbonyl (C=O) groups excluding carboxylic acids is 1. The SMILES string of the molecule is NC(=O)Cc1nc(-c2cccc(F)c2)no1. The first-order chi connectivity index (χ1) is 7.65. The van der Waals surface area contributed by atoms with Gasteiger partial charge in [0.1, 0.15) is 12.2 Å². The van der Waals surface area contributed by atoms with Crippen molar-refractivity contribution in [3.05, 3.63) is 36.0 Å². The zero-order valence-corrected chi connectivity index (χ0v) is 8.18. The highest BCUT2D eigenvalue weighted by molar-refractivity contribution is 5.75. The number of nitrogens with two attached hydrogens (primary N) is 1. The van der Waals surface area contributed by atoms with E-state index in [1.165, 1.54) is 18.2 Å². The number of hydrogen-bond donors (Lipinski definition) is 1. The Bertz CT molecular complexity index is 524. The van der Waals surface area contributed by atoms with Crippen LogP contribution in [0.3, 0.4) is 0 Å². The van der Waals surface area contributed by atoms with Gasteiger partial charge in [-0.25, -0.2) is 4.39 Å². The van der Waals surface area contributed by atoms with Crippen LogP contribution in [0.5, 0.6) is 0 Å². The van der Waals surface area contributed by atoms with E-state index >= 15 is 0 Å². The fraction of sp³-hybridized carbons (Fsp3) is 0.100. The number of hydrogen-bond acceptors (Lipinski definition) is 4. The van der Waals surface area contributed by atoms with Crippen LogP contribution >= 0.6 is 0 Å². The monoisotopic (exact) mass is 221 g/mol. The predicted octanol–water partition coefficient (Wildman–Crippen LogP) is 0.904. The Balaban J connectivity index is 2.28. The van der Waals surface area contributed by atoms with E-state index in [0.717, 1.165) is 0 Å². The highest BCUT2D eigenvalue weighted by Gasteiger charge is 2.10. The maximum absolute atomic E-state index is 12.9. The molecular formula is C10H8FN3O2. The lowest BCUT2D eigenvalue weighted by molar-refractivity contribution is -0.117. The molecule has 2 aromatic rings. The molecule has 5 nitrogen and oxygen atoms in total. The summed E-state index contributed by atoms with van der Waals surface area (Å²) in [7, 11) is 0. The van der Waals surface area contributed by atoms with Crippen molar-refractivity contribution >= 4 is 5.91 Å². The third kappa shape index (κ3) is 2.22. The van der Waals surface area contributed by atoms with E-state index in [0.29, 0.717) is 5.56 Å². The van der Waals surface area contributed by atoms with Crippen LogP contribution in [-0.4, -0.2) is 16.0 Å². The molecule has 0 aliphatic carbocycles. The van der Waals surface area contributed by atoms with Crippen LogP contribution in [0, 0.1) is 5.82 Å². The van der Waals surface area contributed by atoms with Crippen molar-refractivity contribution in [2.45, 2.75) is 6.42 Å². The molecule has 1 aromatic carbocycles. The van der Waals surface area contributed by atoms with Crippen LogP contribution < -0.4 is 5.73 Å². The van der Waals surface area contributed by atoms with Crippen LogP contribution in [0.2, 0.25) is 0 Å². The average Bonchev–Trinajstić information content (AvgIpc) is 2.65. The molecule has 0 atom stereocenters. The van der Waals surface area contributed by atoms with Crippen LogP contribution in [-0.2, 0) is 11.2 Å². The van der Waals surface area contributed by atoms with Crippen LogP contribution in [0.25, 0.3) is 11.4 Å². The first-order valence-corrected chi connectivity index (χ1v) is 4.52. The number of halogens is 1. The van der Waals surface area contributed by atoms with E-state index in [-0.39, 0.29) is 18.1 Å². The second-order valence-corrected chi connectivity index (χ2v) is 3.17. The fourth-order valence-corrected chi connectivity index (χ4v) is 1.22. The first kappa shape index (κ1) is 10.3. The lowest BCUT2D eigenvalue weighted by Gasteiger charge is -1.92. The Labute approximate surface area is 90.1 Å². The summed E-state index contributed by atoms with van der Waals surface area (Å²) in [6.45, 7) is 0. The quantitative estimate of drug-likeness (QED) is 0.834. The van der Waals surface area contributed by atoms with Crippen molar-refractivity contribution in [2.75, 3.05) is 0 Å². The van der Waals surface area contributed by atoms with E-state index in [2.05, 4.69) is 10.1 Å². The summed E-state index contributed by atoms with van der Waals surface area (Å²) in [5.41, 5.74) is 5.46. The zero-order valence-electron chi connectivity index (χ0n) is 8.18. The molecule has 0 bridgehead atoms.